The first-order valence-electron chi connectivity index (χ1n) is 12.0. The minimum Gasteiger partial charge on any atom is -0.482 e. The summed E-state index contributed by atoms with van der Waals surface area (Å²) >= 11 is 0. The number of nitrogens with zero attached hydrogens (tertiary/aromatic N) is 4. The van der Waals surface area contributed by atoms with Crippen LogP contribution in [0.2, 0.25) is 0 Å². The highest BCUT2D eigenvalue weighted by atomic mass is 19.4. The van der Waals surface area contributed by atoms with Crippen LogP contribution in [0, 0.1) is 0 Å². The van der Waals surface area contributed by atoms with Crippen molar-refractivity contribution < 1.29 is 37.0 Å². The van der Waals surface area contributed by atoms with Crippen LogP contribution in [-0.4, -0.2) is 95.3 Å². The molecule has 0 saturated carbocycles. The van der Waals surface area contributed by atoms with Crippen molar-refractivity contribution in [3.63, 3.8) is 0 Å². The summed E-state index contributed by atoms with van der Waals surface area (Å²) in [5.74, 6) is -3.77. The molecule has 1 atom stereocenters. The van der Waals surface area contributed by atoms with Crippen molar-refractivity contribution >= 4 is 17.8 Å². The Balaban J connectivity index is 1.36. The molecule has 0 radical (unpaired) electrons. The number of imidazole rings is 1. The normalized spacial score (nSPS) is 18.5. The van der Waals surface area contributed by atoms with Crippen LogP contribution in [-0.2, 0) is 19.1 Å². The molecule has 1 aromatic carbocycles. The fourth-order valence-electron chi connectivity index (χ4n) is 4.56. The first kappa shape index (κ1) is 26.6. The van der Waals surface area contributed by atoms with Gasteiger partial charge < -0.3 is 24.3 Å². The number of alkyl halides is 3. The fraction of sp³-hybridized carbons (Fsp3) is 0.500. The molecular formula is C24H28F3N5O5. The second-order valence-electron chi connectivity index (χ2n) is 8.93. The molecular weight excluding hydrogens is 495 g/mol. The average molecular weight is 524 g/mol. The van der Waals surface area contributed by atoms with Crippen molar-refractivity contribution in [2.24, 2.45) is 0 Å². The maximum absolute atomic E-state index is 13.0. The topological polar surface area (TPSA) is 106 Å². The number of esters is 2. The van der Waals surface area contributed by atoms with E-state index in [2.05, 4.69) is 19.9 Å². The number of carbonyl (C=O) groups is 3. The van der Waals surface area contributed by atoms with E-state index in [0.717, 1.165) is 38.0 Å². The van der Waals surface area contributed by atoms with Crippen LogP contribution < -0.4 is 10.1 Å². The van der Waals surface area contributed by atoms with Crippen LogP contribution in [0.1, 0.15) is 24.4 Å². The number of hydrogen-bond donors (Lipinski definition) is 1. The molecule has 1 unspecified atom stereocenters. The number of carbonyl (C=O) groups excluding carboxylic acids is 3. The van der Waals surface area contributed by atoms with E-state index in [1.165, 1.54) is 0 Å². The lowest BCUT2D eigenvalue weighted by Gasteiger charge is -2.41. The maximum atomic E-state index is 13.0. The van der Waals surface area contributed by atoms with Gasteiger partial charge in [0, 0.05) is 38.1 Å². The predicted molar refractivity (Wildman–Crippen MR) is 124 cm³/mol. The molecule has 200 valence electrons. The van der Waals surface area contributed by atoms with Crippen LogP contribution in [0.5, 0.6) is 5.75 Å². The summed E-state index contributed by atoms with van der Waals surface area (Å²) in [5.41, 5.74) is 0.841. The third-order valence-corrected chi connectivity index (χ3v) is 6.51. The number of piperazine rings is 1. The first-order chi connectivity index (χ1) is 17.7. The molecule has 3 heterocycles. The number of amides is 1. The number of ether oxygens (including phenoxy) is 2. The molecule has 10 nitrogen and oxygen atoms in total. The van der Waals surface area contributed by atoms with Crippen molar-refractivity contribution in [1.82, 2.24) is 24.7 Å². The quantitative estimate of drug-likeness (QED) is 0.409. The highest BCUT2D eigenvalue weighted by Gasteiger charge is 2.42. The third-order valence-electron chi connectivity index (χ3n) is 6.51. The second kappa shape index (κ2) is 11.7. The molecule has 13 heteroatoms. The average Bonchev–Trinajstić information content (AvgIpc) is 3.42. The molecule has 4 rings (SSSR count). The second-order valence-corrected chi connectivity index (χ2v) is 8.93. The third kappa shape index (κ3) is 7.07. The Bertz CT molecular complexity index is 1070. The van der Waals surface area contributed by atoms with Gasteiger partial charge in [-0.15, -0.1) is 0 Å². The molecule has 0 aliphatic carbocycles. The van der Waals surface area contributed by atoms with Crippen molar-refractivity contribution in [3.05, 3.63) is 48.5 Å². The number of rotatable bonds is 8. The van der Waals surface area contributed by atoms with Crippen LogP contribution in [0.25, 0.3) is 0 Å². The SMILES string of the molecule is O=C(COc1ccc(C(CN2CCN(C3CCNCC3)CC2=O)n2ccnc2)cc1)OC(=O)C(F)(F)F. The summed E-state index contributed by atoms with van der Waals surface area (Å²) in [4.78, 5) is 43.4. The van der Waals surface area contributed by atoms with Gasteiger partial charge in [0.1, 0.15) is 5.75 Å². The summed E-state index contributed by atoms with van der Waals surface area (Å²) in [6, 6.07) is 6.77. The number of halogens is 3. The zero-order chi connectivity index (χ0) is 26.4. The van der Waals surface area contributed by atoms with Crippen LogP contribution in [0.4, 0.5) is 13.2 Å². The van der Waals surface area contributed by atoms with Crippen molar-refractivity contribution in [3.8, 4) is 5.75 Å². The minimum absolute atomic E-state index is 0.0711. The van der Waals surface area contributed by atoms with Crippen molar-refractivity contribution in [1.29, 1.82) is 0 Å². The lowest BCUT2D eigenvalue weighted by Crippen LogP contribution is -2.56. The Morgan fingerprint density at radius 2 is 1.86 bits per heavy atom. The van der Waals surface area contributed by atoms with Gasteiger partial charge in [-0.3, -0.25) is 9.69 Å². The van der Waals surface area contributed by atoms with E-state index >= 15 is 0 Å². The van der Waals surface area contributed by atoms with Gasteiger partial charge in [0.05, 0.1) is 18.9 Å². The molecule has 2 fully saturated rings. The highest BCUT2D eigenvalue weighted by Crippen LogP contribution is 2.24. The van der Waals surface area contributed by atoms with Gasteiger partial charge in [-0.1, -0.05) is 12.1 Å². The summed E-state index contributed by atoms with van der Waals surface area (Å²) in [6.07, 6.45) is 1.93. The van der Waals surface area contributed by atoms with Crippen LogP contribution in [0.3, 0.4) is 0 Å². The Labute approximate surface area is 211 Å². The monoisotopic (exact) mass is 523 g/mol. The molecule has 0 spiro atoms. The summed E-state index contributed by atoms with van der Waals surface area (Å²) in [7, 11) is 0. The van der Waals surface area contributed by atoms with Gasteiger partial charge in [-0.2, -0.15) is 13.2 Å². The molecule has 2 saturated heterocycles. The molecule has 1 amide bonds. The van der Waals surface area contributed by atoms with Gasteiger partial charge in [0.15, 0.2) is 6.61 Å². The first-order valence-corrected chi connectivity index (χ1v) is 12.0. The molecule has 1 N–H and O–H groups in total. The molecule has 0 bridgehead atoms. The lowest BCUT2D eigenvalue weighted by molar-refractivity contribution is -0.202. The maximum Gasteiger partial charge on any atom is 0.491 e. The van der Waals surface area contributed by atoms with E-state index < -0.39 is 24.7 Å². The number of hydrogen-bond acceptors (Lipinski definition) is 8. The number of nitrogens with one attached hydrogen (secondary N) is 1. The number of piperidine rings is 1. The molecule has 1 aromatic heterocycles. The predicted octanol–water partition coefficient (Wildman–Crippen LogP) is 1.38. The zero-order valence-corrected chi connectivity index (χ0v) is 20.0. The number of aromatic nitrogens is 2. The Kier molecular flexibility index (Phi) is 8.44. The highest BCUT2D eigenvalue weighted by molar-refractivity contribution is 5.89. The van der Waals surface area contributed by atoms with Crippen molar-refractivity contribution in [2.75, 3.05) is 45.9 Å². The van der Waals surface area contributed by atoms with Crippen LogP contribution >= 0.6 is 0 Å². The minimum atomic E-state index is -5.26. The van der Waals surface area contributed by atoms with Gasteiger partial charge in [-0.25, -0.2) is 14.6 Å². The molecule has 2 aromatic rings. The van der Waals surface area contributed by atoms with E-state index in [0.29, 0.717) is 25.7 Å². The standard InChI is InChI=1S/C24H28F3N5O5/c25-24(26,27)23(35)37-22(34)15-36-19-3-1-17(2-4-19)20(32-10-9-29-16-32)13-31-12-11-30(14-21(31)33)18-5-7-28-8-6-18/h1-4,9-10,16,18,20,28H,5-8,11-15H2. The Morgan fingerprint density at radius 1 is 1.14 bits per heavy atom. The van der Waals surface area contributed by atoms with E-state index in [9.17, 15) is 27.6 Å². The van der Waals surface area contributed by atoms with Gasteiger partial charge in [-0.05, 0) is 43.6 Å². The molecule has 2 aliphatic rings. The largest absolute Gasteiger partial charge is 0.491 e. The Hall–Kier alpha value is -3.45. The zero-order valence-electron chi connectivity index (χ0n) is 20.0. The summed E-state index contributed by atoms with van der Waals surface area (Å²) in [5, 5.41) is 3.35. The summed E-state index contributed by atoms with van der Waals surface area (Å²) < 4.78 is 47.4. The van der Waals surface area contributed by atoms with Crippen LogP contribution in [0.15, 0.2) is 43.0 Å². The van der Waals surface area contributed by atoms with E-state index in [1.54, 1.807) is 43.0 Å². The Morgan fingerprint density at radius 3 is 2.49 bits per heavy atom. The van der Waals surface area contributed by atoms with Gasteiger partial charge in [0.25, 0.3) is 0 Å². The van der Waals surface area contributed by atoms with E-state index in [-0.39, 0.29) is 17.7 Å². The van der Waals surface area contributed by atoms with E-state index in [1.807, 2.05) is 9.47 Å². The fourth-order valence-corrected chi connectivity index (χ4v) is 4.56. The van der Waals surface area contributed by atoms with Gasteiger partial charge in [0.2, 0.25) is 5.91 Å². The lowest BCUT2D eigenvalue weighted by atomic mass is 10.0. The smallest absolute Gasteiger partial charge is 0.482 e. The molecule has 37 heavy (non-hydrogen) atoms. The van der Waals surface area contributed by atoms with E-state index in [4.69, 9.17) is 4.74 Å². The van der Waals surface area contributed by atoms with Crippen molar-refractivity contribution in [2.45, 2.75) is 31.1 Å². The summed E-state index contributed by atoms with van der Waals surface area (Å²) in [6.45, 7) is 3.33. The van der Waals surface area contributed by atoms with Gasteiger partial charge >= 0.3 is 18.1 Å². The molecule has 2 aliphatic heterocycles. The number of benzene rings is 1.